The second-order valence-electron chi connectivity index (χ2n) is 5.58. The predicted octanol–water partition coefficient (Wildman–Crippen LogP) is 2.74. The highest BCUT2D eigenvalue weighted by Crippen LogP contribution is 2.50. The van der Waals surface area contributed by atoms with Crippen molar-refractivity contribution >= 4 is 11.8 Å². The molecule has 1 N–H and O–H groups in total. The van der Waals surface area contributed by atoms with Gasteiger partial charge in [0, 0.05) is 5.57 Å². The number of aliphatic carboxylic acids is 1. The van der Waals surface area contributed by atoms with Crippen LogP contribution in [0.15, 0.2) is 36.5 Å². The van der Waals surface area contributed by atoms with E-state index in [2.05, 4.69) is 20.1 Å². The first-order valence-electron chi connectivity index (χ1n) is 6.19. The van der Waals surface area contributed by atoms with Crippen LogP contribution in [0.25, 0.3) is 0 Å². The van der Waals surface area contributed by atoms with E-state index in [9.17, 15) is 9.59 Å². The van der Waals surface area contributed by atoms with Gasteiger partial charge in [-0.25, -0.2) is 4.79 Å². The number of fused-ring (bicyclic) bond motifs is 1. The molecule has 2 aliphatic carbocycles. The third kappa shape index (κ3) is 1.94. The summed E-state index contributed by atoms with van der Waals surface area (Å²) in [6.07, 6.45) is 5.91. The molecule has 96 valence electrons. The standard InChI is InChI=1S/C15H18O3/c1-9(14(17)18)11-4-6-15(3)7-5-13(16)10(2)12(15)8-11/h5,7,11-12H,1-2,4,6,8H2,3H3,(H,17,18). The molecule has 0 radical (unpaired) electrons. The number of allylic oxidation sites excluding steroid dienone is 3. The van der Waals surface area contributed by atoms with Crippen LogP contribution in [0.2, 0.25) is 0 Å². The molecule has 0 spiro atoms. The Labute approximate surface area is 107 Å². The first-order chi connectivity index (χ1) is 8.35. The zero-order valence-corrected chi connectivity index (χ0v) is 10.6. The predicted molar refractivity (Wildman–Crippen MR) is 69.0 cm³/mol. The molecule has 0 aromatic rings. The fourth-order valence-electron chi connectivity index (χ4n) is 3.11. The zero-order chi connectivity index (χ0) is 13.5. The van der Waals surface area contributed by atoms with Crippen molar-refractivity contribution in [2.75, 3.05) is 0 Å². The van der Waals surface area contributed by atoms with Gasteiger partial charge in [0.05, 0.1) is 0 Å². The lowest BCUT2D eigenvalue weighted by atomic mass is 9.58. The number of hydrogen-bond donors (Lipinski definition) is 1. The zero-order valence-electron chi connectivity index (χ0n) is 10.6. The monoisotopic (exact) mass is 246 g/mol. The lowest BCUT2D eigenvalue weighted by Gasteiger charge is -2.45. The number of hydrogen-bond acceptors (Lipinski definition) is 2. The van der Waals surface area contributed by atoms with Gasteiger partial charge in [-0.1, -0.05) is 26.2 Å². The molecule has 3 heteroatoms. The molecule has 1 saturated carbocycles. The molecule has 2 aliphatic rings. The first kappa shape index (κ1) is 12.8. The molecule has 2 rings (SSSR count). The summed E-state index contributed by atoms with van der Waals surface area (Å²) < 4.78 is 0. The third-order valence-corrected chi connectivity index (χ3v) is 4.47. The Balaban J connectivity index is 2.25. The van der Waals surface area contributed by atoms with Crippen LogP contribution in [-0.2, 0) is 9.59 Å². The Kier molecular flexibility index (Phi) is 3.01. The fourth-order valence-corrected chi connectivity index (χ4v) is 3.11. The molecule has 3 atom stereocenters. The number of ketones is 1. The summed E-state index contributed by atoms with van der Waals surface area (Å²) in [5.74, 6) is -0.965. The Morgan fingerprint density at radius 2 is 2.22 bits per heavy atom. The average molecular weight is 246 g/mol. The van der Waals surface area contributed by atoms with E-state index in [1.807, 2.05) is 6.08 Å². The Morgan fingerprint density at radius 1 is 1.56 bits per heavy atom. The minimum Gasteiger partial charge on any atom is -0.478 e. The van der Waals surface area contributed by atoms with E-state index in [1.54, 1.807) is 6.08 Å². The molecule has 3 unspecified atom stereocenters. The van der Waals surface area contributed by atoms with Crippen LogP contribution >= 0.6 is 0 Å². The van der Waals surface area contributed by atoms with Gasteiger partial charge in [-0.2, -0.15) is 0 Å². The molecule has 0 saturated heterocycles. The molecule has 0 aliphatic heterocycles. The second kappa shape index (κ2) is 4.23. The number of carboxylic acid groups (broad SMARTS) is 1. The van der Waals surface area contributed by atoms with Crippen molar-refractivity contribution in [2.45, 2.75) is 26.2 Å². The molecule has 0 heterocycles. The highest BCUT2D eigenvalue weighted by molar-refractivity contribution is 6.05. The van der Waals surface area contributed by atoms with E-state index in [4.69, 9.17) is 5.11 Å². The van der Waals surface area contributed by atoms with Gasteiger partial charge in [0.2, 0.25) is 0 Å². The van der Waals surface area contributed by atoms with Gasteiger partial charge >= 0.3 is 5.97 Å². The largest absolute Gasteiger partial charge is 0.478 e. The number of carboxylic acids is 1. The lowest BCUT2D eigenvalue weighted by Crippen LogP contribution is -2.39. The fraction of sp³-hybridized carbons (Fsp3) is 0.467. The van der Waals surface area contributed by atoms with E-state index in [-0.39, 0.29) is 28.6 Å². The van der Waals surface area contributed by atoms with E-state index in [0.29, 0.717) is 12.0 Å². The van der Waals surface area contributed by atoms with Gasteiger partial charge in [0.1, 0.15) is 0 Å². The van der Waals surface area contributed by atoms with E-state index in [1.165, 1.54) is 0 Å². The van der Waals surface area contributed by atoms with Crippen molar-refractivity contribution in [2.24, 2.45) is 17.3 Å². The summed E-state index contributed by atoms with van der Waals surface area (Å²) in [5, 5.41) is 9.01. The maximum atomic E-state index is 11.7. The van der Waals surface area contributed by atoms with Crippen molar-refractivity contribution in [1.29, 1.82) is 0 Å². The van der Waals surface area contributed by atoms with E-state index >= 15 is 0 Å². The molecular formula is C15H18O3. The molecule has 0 bridgehead atoms. The van der Waals surface area contributed by atoms with Crippen molar-refractivity contribution in [3.05, 3.63) is 36.5 Å². The molecule has 0 amide bonds. The third-order valence-electron chi connectivity index (χ3n) is 4.47. The quantitative estimate of drug-likeness (QED) is 0.762. The van der Waals surface area contributed by atoms with Crippen LogP contribution in [-0.4, -0.2) is 16.9 Å². The second-order valence-corrected chi connectivity index (χ2v) is 5.58. The topological polar surface area (TPSA) is 54.4 Å². The summed E-state index contributed by atoms with van der Waals surface area (Å²) in [6, 6.07) is 0. The van der Waals surface area contributed by atoms with E-state index < -0.39 is 5.97 Å². The van der Waals surface area contributed by atoms with Crippen LogP contribution in [0.1, 0.15) is 26.2 Å². The number of carbonyl (C=O) groups is 2. The van der Waals surface area contributed by atoms with E-state index in [0.717, 1.165) is 12.8 Å². The molecule has 0 aromatic carbocycles. The maximum Gasteiger partial charge on any atom is 0.331 e. The van der Waals surface area contributed by atoms with Crippen molar-refractivity contribution < 1.29 is 14.7 Å². The Hall–Kier alpha value is -1.64. The number of carbonyl (C=O) groups excluding carboxylic acids is 1. The van der Waals surface area contributed by atoms with Crippen LogP contribution in [0.5, 0.6) is 0 Å². The van der Waals surface area contributed by atoms with Gasteiger partial charge in [0.25, 0.3) is 0 Å². The Bertz CT molecular complexity index is 472. The van der Waals surface area contributed by atoms with Crippen LogP contribution in [0, 0.1) is 17.3 Å². The van der Waals surface area contributed by atoms with Crippen LogP contribution in [0.3, 0.4) is 0 Å². The molecule has 3 nitrogen and oxygen atoms in total. The highest BCUT2D eigenvalue weighted by Gasteiger charge is 2.44. The van der Waals surface area contributed by atoms with Crippen LogP contribution < -0.4 is 0 Å². The minimum atomic E-state index is -0.938. The SMILES string of the molecule is C=C(C(=O)O)C1CCC2(C)C=CC(=O)C(=C)C2C1. The highest BCUT2D eigenvalue weighted by atomic mass is 16.4. The van der Waals surface area contributed by atoms with Crippen molar-refractivity contribution in [1.82, 2.24) is 0 Å². The summed E-state index contributed by atoms with van der Waals surface area (Å²) in [6.45, 7) is 9.65. The molecular weight excluding hydrogens is 228 g/mol. The van der Waals surface area contributed by atoms with Crippen molar-refractivity contribution in [3.8, 4) is 0 Å². The Morgan fingerprint density at radius 3 is 2.83 bits per heavy atom. The smallest absolute Gasteiger partial charge is 0.331 e. The van der Waals surface area contributed by atoms with Crippen molar-refractivity contribution in [3.63, 3.8) is 0 Å². The van der Waals surface area contributed by atoms with Gasteiger partial charge in [-0.15, -0.1) is 0 Å². The minimum absolute atomic E-state index is 0.0286. The summed E-state index contributed by atoms with van der Waals surface area (Å²) in [7, 11) is 0. The number of rotatable bonds is 2. The normalized spacial score (nSPS) is 35.2. The average Bonchev–Trinajstić information content (AvgIpc) is 2.33. The van der Waals surface area contributed by atoms with Gasteiger partial charge in [0.15, 0.2) is 5.78 Å². The summed E-state index contributed by atoms with van der Waals surface area (Å²) >= 11 is 0. The van der Waals surface area contributed by atoms with Gasteiger partial charge in [-0.3, -0.25) is 4.79 Å². The maximum absolute atomic E-state index is 11.7. The molecule has 18 heavy (non-hydrogen) atoms. The summed E-state index contributed by atoms with van der Waals surface area (Å²) in [4.78, 5) is 22.7. The van der Waals surface area contributed by atoms with Gasteiger partial charge in [-0.05, 0) is 48.2 Å². The first-order valence-corrected chi connectivity index (χ1v) is 6.19. The van der Waals surface area contributed by atoms with Crippen LogP contribution in [0.4, 0.5) is 0 Å². The summed E-state index contributed by atoms with van der Waals surface area (Å²) in [5.41, 5.74) is 0.815. The van der Waals surface area contributed by atoms with Gasteiger partial charge < -0.3 is 5.11 Å². The lowest BCUT2D eigenvalue weighted by molar-refractivity contribution is -0.133. The molecule has 0 aromatic heterocycles. The molecule has 1 fully saturated rings.